The van der Waals surface area contributed by atoms with E-state index in [0.717, 1.165) is 28.1 Å². The molecule has 0 saturated carbocycles. The average Bonchev–Trinajstić information content (AvgIpc) is 2.74. The van der Waals surface area contributed by atoms with Gasteiger partial charge in [0.05, 0.1) is 11.2 Å². The molecule has 0 spiro atoms. The molecule has 1 N–H and O–H groups in total. The van der Waals surface area contributed by atoms with Gasteiger partial charge in [-0.3, -0.25) is 0 Å². The lowest BCUT2D eigenvalue weighted by Crippen LogP contribution is -2.03. The lowest BCUT2D eigenvalue weighted by Gasteiger charge is -2.22. The third-order valence-corrected chi connectivity index (χ3v) is 5.38. The van der Waals surface area contributed by atoms with Crippen LogP contribution in [0.4, 0.5) is 11.4 Å². The summed E-state index contributed by atoms with van der Waals surface area (Å²) in [6, 6.07) is 31.9. The fourth-order valence-electron chi connectivity index (χ4n) is 4.11. The van der Waals surface area contributed by atoms with Crippen LogP contribution in [0.3, 0.4) is 0 Å². The number of benzene rings is 4. The average molecular weight is 344 g/mol. The summed E-state index contributed by atoms with van der Waals surface area (Å²) in [6.45, 7) is 0. The first-order chi connectivity index (χ1) is 13.4. The molecule has 27 heavy (non-hydrogen) atoms. The molecule has 0 radical (unpaired) electrons. The van der Waals surface area contributed by atoms with Gasteiger partial charge in [0.15, 0.2) is 0 Å². The number of anilines is 2. The summed E-state index contributed by atoms with van der Waals surface area (Å²) in [5, 5.41) is 7.21. The maximum Gasteiger partial charge on any atom is 0.0829 e. The van der Waals surface area contributed by atoms with Gasteiger partial charge in [-0.05, 0) is 40.8 Å². The normalized spacial score (nSPS) is 12.0. The van der Waals surface area contributed by atoms with E-state index in [0.29, 0.717) is 0 Å². The number of para-hydroxylation sites is 1. The van der Waals surface area contributed by atoms with Crippen LogP contribution in [0.15, 0.2) is 91.0 Å². The molecular weight excluding hydrogens is 328 g/mol. The number of nitrogens with zero attached hydrogens (tertiary/aromatic N) is 1. The first-order valence-corrected chi connectivity index (χ1v) is 9.17. The molecule has 2 heteroatoms. The van der Waals surface area contributed by atoms with Crippen LogP contribution in [0.1, 0.15) is 0 Å². The lowest BCUT2D eigenvalue weighted by atomic mass is 9.93. The quantitative estimate of drug-likeness (QED) is 0.333. The van der Waals surface area contributed by atoms with Gasteiger partial charge in [0, 0.05) is 27.7 Å². The van der Waals surface area contributed by atoms with E-state index in [4.69, 9.17) is 4.98 Å². The minimum Gasteiger partial charge on any atom is -0.354 e. The van der Waals surface area contributed by atoms with Gasteiger partial charge >= 0.3 is 0 Å². The Hall–Kier alpha value is -3.65. The Morgan fingerprint density at radius 1 is 0.593 bits per heavy atom. The van der Waals surface area contributed by atoms with Crippen LogP contribution < -0.4 is 5.32 Å². The van der Waals surface area contributed by atoms with Crippen molar-refractivity contribution in [3.8, 4) is 22.4 Å². The molecule has 0 aliphatic carbocycles. The molecule has 0 saturated heterocycles. The number of hydrogen-bond donors (Lipinski definition) is 1. The van der Waals surface area contributed by atoms with E-state index in [1.54, 1.807) is 0 Å². The number of pyridine rings is 1. The summed E-state index contributed by atoms with van der Waals surface area (Å²) in [5.41, 5.74) is 7.94. The Balaban J connectivity index is 1.72. The molecule has 5 aromatic rings. The molecule has 126 valence electrons. The van der Waals surface area contributed by atoms with Crippen molar-refractivity contribution < 1.29 is 0 Å². The highest BCUT2D eigenvalue weighted by Crippen LogP contribution is 2.44. The topological polar surface area (TPSA) is 24.9 Å². The minimum atomic E-state index is 1.03. The summed E-state index contributed by atoms with van der Waals surface area (Å²) >= 11 is 0. The highest BCUT2D eigenvalue weighted by Gasteiger charge is 2.20. The molecule has 1 aromatic heterocycles. The number of fused-ring (bicyclic) bond motifs is 4. The van der Waals surface area contributed by atoms with Gasteiger partial charge < -0.3 is 5.32 Å². The molecule has 0 fully saturated rings. The van der Waals surface area contributed by atoms with Gasteiger partial charge in [-0.1, -0.05) is 66.7 Å². The van der Waals surface area contributed by atoms with Gasteiger partial charge in [-0.2, -0.15) is 0 Å². The Labute approximate surface area is 157 Å². The molecule has 0 amide bonds. The maximum absolute atomic E-state index is 5.07. The fraction of sp³-hybridized carbons (Fsp3) is 0. The predicted octanol–water partition coefficient (Wildman–Crippen LogP) is 6.78. The molecule has 0 unspecified atom stereocenters. The SMILES string of the molecule is c1ccc(-c2ccc3nc4c5c(cccc5c3c2)Nc2ccccc2-4)cc1. The standard InChI is InChI=1S/C25H16N2/c1-2-7-16(8-3-1)17-13-14-22-20(15-17)18-10-6-12-23-24(18)25(27-22)19-9-4-5-11-21(19)26-23/h1-15,26H. The van der Waals surface area contributed by atoms with E-state index < -0.39 is 0 Å². The van der Waals surface area contributed by atoms with Crippen LogP contribution in [0.5, 0.6) is 0 Å². The summed E-state index contributed by atoms with van der Waals surface area (Å²) < 4.78 is 0. The second kappa shape index (κ2) is 5.42. The summed E-state index contributed by atoms with van der Waals surface area (Å²) in [6.07, 6.45) is 0. The molecule has 0 atom stereocenters. The summed E-state index contributed by atoms with van der Waals surface area (Å²) in [5.74, 6) is 0. The van der Waals surface area contributed by atoms with E-state index in [9.17, 15) is 0 Å². The largest absolute Gasteiger partial charge is 0.354 e. The molecule has 1 aliphatic rings. The second-order valence-corrected chi connectivity index (χ2v) is 6.96. The Morgan fingerprint density at radius 3 is 2.33 bits per heavy atom. The van der Waals surface area contributed by atoms with E-state index in [2.05, 4.69) is 96.3 Å². The van der Waals surface area contributed by atoms with Gasteiger partial charge in [0.1, 0.15) is 0 Å². The van der Waals surface area contributed by atoms with Crippen LogP contribution in [-0.4, -0.2) is 4.98 Å². The van der Waals surface area contributed by atoms with Crippen molar-refractivity contribution >= 4 is 33.1 Å². The third-order valence-electron chi connectivity index (χ3n) is 5.38. The number of aromatic nitrogens is 1. The van der Waals surface area contributed by atoms with E-state index in [1.807, 2.05) is 0 Å². The molecule has 2 heterocycles. The van der Waals surface area contributed by atoms with Crippen LogP contribution in [0, 0.1) is 0 Å². The van der Waals surface area contributed by atoms with Gasteiger partial charge in [0.2, 0.25) is 0 Å². The zero-order chi connectivity index (χ0) is 17.8. The summed E-state index contributed by atoms with van der Waals surface area (Å²) in [7, 11) is 0. The van der Waals surface area contributed by atoms with Gasteiger partial charge in [0.25, 0.3) is 0 Å². The maximum atomic E-state index is 5.07. The van der Waals surface area contributed by atoms with Crippen molar-refractivity contribution in [1.29, 1.82) is 0 Å². The first kappa shape index (κ1) is 14.5. The number of rotatable bonds is 1. The second-order valence-electron chi connectivity index (χ2n) is 6.96. The van der Waals surface area contributed by atoms with Crippen LogP contribution >= 0.6 is 0 Å². The minimum absolute atomic E-state index is 1.03. The zero-order valence-corrected chi connectivity index (χ0v) is 14.6. The predicted molar refractivity (Wildman–Crippen MR) is 113 cm³/mol. The molecular formula is C25H16N2. The summed E-state index contributed by atoms with van der Waals surface area (Å²) in [4.78, 5) is 5.07. The Morgan fingerprint density at radius 2 is 1.41 bits per heavy atom. The Kier molecular flexibility index (Phi) is 2.91. The van der Waals surface area contributed by atoms with Crippen molar-refractivity contribution in [2.24, 2.45) is 0 Å². The van der Waals surface area contributed by atoms with Crippen molar-refractivity contribution in [3.05, 3.63) is 91.0 Å². The third kappa shape index (κ3) is 2.10. The van der Waals surface area contributed by atoms with Crippen molar-refractivity contribution in [3.63, 3.8) is 0 Å². The van der Waals surface area contributed by atoms with Crippen molar-refractivity contribution in [2.45, 2.75) is 0 Å². The van der Waals surface area contributed by atoms with Crippen LogP contribution in [-0.2, 0) is 0 Å². The Bertz CT molecular complexity index is 1340. The van der Waals surface area contributed by atoms with Crippen LogP contribution in [0.25, 0.3) is 44.1 Å². The highest BCUT2D eigenvalue weighted by atomic mass is 14.9. The molecule has 1 aliphatic heterocycles. The lowest BCUT2D eigenvalue weighted by molar-refractivity contribution is 1.40. The smallest absolute Gasteiger partial charge is 0.0829 e. The molecule has 0 bridgehead atoms. The van der Waals surface area contributed by atoms with Gasteiger partial charge in [-0.15, -0.1) is 0 Å². The van der Waals surface area contributed by atoms with Crippen molar-refractivity contribution in [2.75, 3.05) is 5.32 Å². The van der Waals surface area contributed by atoms with E-state index in [1.165, 1.54) is 27.3 Å². The van der Waals surface area contributed by atoms with E-state index >= 15 is 0 Å². The zero-order valence-electron chi connectivity index (χ0n) is 14.6. The van der Waals surface area contributed by atoms with E-state index in [-0.39, 0.29) is 0 Å². The number of nitrogens with one attached hydrogen (secondary N) is 1. The molecule has 4 aromatic carbocycles. The van der Waals surface area contributed by atoms with Gasteiger partial charge in [-0.25, -0.2) is 4.98 Å². The van der Waals surface area contributed by atoms with Crippen molar-refractivity contribution in [1.82, 2.24) is 4.98 Å². The highest BCUT2D eigenvalue weighted by molar-refractivity contribution is 6.19. The molecule has 2 nitrogen and oxygen atoms in total. The monoisotopic (exact) mass is 344 g/mol. The number of hydrogen-bond acceptors (Lipinski definition) is 2. The fourth-order valence-corrected chi connectivity index (χ4v) is 4.11. The first-order valence-electron chi connectivity index (χ1n) is 9.17. The molecule has 6 rings (SSSR count). The van der Waals surface area contributed by atoms with Crippen LogP contribution in [0.2, 0.25) is 0 Å².